The molecule has 1 radical (unpaired) electrons. The highest BCUT2D eigenvalue weighted by molar-refractivity contribution is 4.74. The molecule has 1 rings (SSSR count). The van der Waals surface area contributed by atoms with Crippen LogP contribution in [0.2, 0.25) is 0 Å². The van der Waals surface area contributed by atoms with E-state index in [1.165, 1.54) is 6.73 Å². The zero-order valence-electron chi connectivity index (χ0n) is 3.76. The molecule has 0 aliphatic carbocycles. The Morgan fingerprint density at radius 1 is 1.57 bits per heavy atom. The Bertz CT molecular complexity index is 64.1. The number of nitrogens with one attached hydrogen (secondary N) is 1. The molecule has 0 aromatic heterocycles. The lowest BCUT2D eigenvalue weighted by Crippen LogP contribution is -2.08. The first-order valence-corrected chi connectivity index (χ1v) is 1.99. The molecule has 3 heteroatoms. The van der Waals surface area contributed by atoms with Gasteiger partial charge in [-0.2, -0.15) is 5.48 Å². The molecule has 0 aromatic rings. The van der Waals surface area contributed by atoms with Crippen LogP contribution in [0.4, 0.5) is 0 Å². The van der Waals surface area contributed by atoms with Gasteiger partial charge in [0.25, 0.3) is 0 Å². The molecule has 1 aliphatic heterocycles. The number of hydrogen-bond donors (Lipinski definition) is 1. The minimum atomic E-state index is 0.552. The summed E-state index contributed by atoms with van der Waals surface area (Å²) in [5, 5.41) is 0. The van der Waals surface area contributed by atoms with Crippen molar-refractivity contribution in [2.24, 2.45) is 0 Å². The number of ether oxygens (including phenoxy) is 1. The highest BCUT2D eigenvalue weighted by Gasteiger charge is 1.86. The quantitative estimate of drug-likeness (QED) is 0.470. The highest BCUT2D eigenvalue weighted by Crippen LogP contribution is 1.85. The van der Waals surface area contributed by atoms with E-state index < -0.39 is 0 Å². The number of hydroxylamine groups is 1. The minimum absolute atomic E-state index is 0.552. The van der Waals surface area contributed by atoms with Gasteiger partial charge in [-0.15, -0.1) is 0 Å². The fourth-order valence-electron chi connectivity index (χ4n) is 0.292. The first-order chi connectivity index (χ1) is 3.50. The second-order valence-electron chi connectivity index (χ2n) is 1.05. The summed E-state index contributed by atoms with van der Waals surface area (Å²) in [4.78, 5) is 4.68. The summed E-state index contributed by atoms with van der Waals surface area (Å²) in [6.07, 6.45) is 3.32. The Morgan fingerprint density at radius 3 is 3.57 bits per heavy atom. The molecule has 0 spiro atoms. The van der Waals surface area contributed by atoms with Crippen molar-refractivity contribution in [3.05, 3.63) is 19.1 Å². The predicted molar refractivity (Wildman–Crippen MR) is 23.6 cm³/mol. The van der Waals surface area contributed by atoms with Gasteiger partial charge in [-0.25, -0.2) is 0 Å². The molecule has 0 atom stereocenters. The Balaban J connectivity index is 2.20. The predicted octanol–water partition coefficient (Wildman–Crippen LogP) is 0.171. The summed E-state index contributed by atoms with van der Waals surface area (Å²) >= 11 is 0. The van der Waals surface area contributed by atoms with Gasteiger partial charge < -0.3 is 4.74 Å². The van der Waals surface area contributed by atoms with Gasteiger partial charge in [-0.1, -0.05) is 0 Å². The molecule has 0 amide bonds. The van der Waals surface area contributed by atoms with Crippen LogP contribution in [0.15, 0.2) is 12.3 Å². The molecule has 0 unspecified atom stereocenters. The van der Waals surface area contributed by atoms with E-state index in [4.69, 9.17) is 0 Å². The van der Waals surface area contributed by atoms with Crippen LogP contribution < -0.4 is 5.48 Å². The zero-order valence-corrected chi connectivity index (χ0v) is 3.76. The molecule has 7 heavy (non-hydrogen) atoms. The molecule has 1 N–H and O–H groups in total. The van der Waals surface area contributed by atoms with E-state index in [9.17, 15) is 0 Å². The fraction of sp³-hybridized carbons (Fsp3) is 0.250. The lowest BCUT2D eigenvalue weighted by atomic mass is 10.7. The van der Waals surface area contributed by atoms with Gasteiger partial charge in [-0.3, -0.25) is 4.84 Å². The Labute approximate surface area is 41.9 Å². The molecule has 1 heterocycles. The molecule has 3 nitrogen and oxygen atoms in total. The smallest absolute Gasteiger partial charge is 0.223 e. The van der Waals surface area contributed by atoms with E-state index in [1.807, 2.05) is 0 Å². The van der Waals surface area contributed by atoms with E-state index in [-0.39, 0.29) is 0 Å². The molecular weight excluding hydrogens is 94.0 g/mol. The van der Waals surface area contributed by atoms with E-state index in [1.54, 1.807) is 12.3 Å². The summed E-state index contributed by atoms with van der Waals surface area (Å²) < 4.78 is 4.65. The van der Waals surface area contributed by atoms with Gasteiger partial charge in [0.2, 0.25) is 6.73 Å². The first-order valence-electron chi connectivity index (χ1n) is 1.99. The van der Waals surface area contributed by atoms with Crippen LogP contribution in [0.1, 0.15) is 0 Å². The van der Waals surface area contributed by atoms with Gasteiger partial charge >= 0.3 is 0 Å². The standard InChI is InChI=1S/C4H6NO2/c1-2-6-4-5-7-3-1/h1-2,4-5H,3H2. The van der Waals surface area contributed by atoms with Gasteiger partial charge in [-0.05, 0) is 6.08 Å². The Hall–Kier alpha value is -0.540. The normalized spacial score (nSPS) is 20.6. The molecule has 0 saturated heterocycles. The summed E-state index contributed by atoms with van der Waals surface area (Å²) in [5.74, 6) is 0. The van der Waals surface area contributed by atoms with Crippen LogP contribution in [0.25, 0.3) is 0 Å². The summed E-state index contributed by atoms with van der Waals surface area (Å²) in [7, 11) is 0. The third-order valence-corrected chi connectivity index (χ3v) is 0.554. The molecule has 0 fully saturated rings. The summed E-state index contributed by atoms with van der Waals surface area (Å²) in [6.45, 7) is 1.92. The summed E-state index contributed by atoms with van der Waals surface area (Å²) in [5.41, 5.74) is 2.44. The fourth-order valence-corrected chi connectivity index (χ4v) is 0.292. The molecular formula is C4H6NO2. The van der Waals surface area contributed by atoms with Crippen molar-refractivity contribution in [3.8, 4) is 0 Å². The molecule has 0 saturated carbocycles. The van der Waals surface area contributed by atoms with Crippen LogP contribution in [-0.4, -0.2) is 6.61 Å². The maximum absolute atomic E-state index is 4.68. The third kappa shape index (κ3) is 1.57. The van der Waals surface area contributed by atoms with Crippen molar-refractivity contribution in [1.29, 1.82) is 0 Å². The van der Waals surface area contributed by atoms with E-state index in [0.29, 0.717) is 6.61 Å². The topological polar surface area (TPSA) is 30.5 Å². The Morgan fingerprint density at radius 2 is 2.57 bits per heavy atom. The average molecular weight is 100 g/mol. The van der Waals surface area contributed by atoms with Crippen molar-refractivity contribution in [3.63, 3.8) is 0 Å². The zero-order chi connectivity index (χ0) is 4.95. The monoisotopic (exact) mass is 100 g/mol. The second-order valence-corrected chi connectivity index (χ2v) is 1.05. The van der Waals surface area contributed by atoms with E-state index in [2.05, 4.69) is 15.1 Å². The van der Waals surface area contributed by atoms with Crippen LogP contribution in [0.5, 0.6) is 0 Å². The second kappa shape index (κ2) is 2.60. The van der Waals surface area contributed by atoms with Crippen LogP contribution >= 0.6 is 0 Å². The van der Waals surface area contributed by atoms with Crippen molar-refractivity contribution >= 4 is 0 Å². The lowest BCUT2D eigenvalue weighted by molar-refractivity contribution is 0.0541. The van der Waals surface area contributed by atoms with Crippen molar-refractivity contribution in [1.82, 2.24) is 5.48 Å². The average Bonchev–Trinajstić information content (AvgIpc) is 1.90. The lowest BCUT2D eigenvalue weighted by Gasteiger charge is -1.94. The van der Waals surface area contributed by atoms with Crippen LogP contribution in [0, 0.1) is 6.73 Å². The first kappa shape index (κ1) is 4.61. The molecule has 0 bridgehead atoms. The van der Waals surface area contributed by atoms with Crippen molar-refractivity contribution in [2.75, 3.05) is 6.61 Å². The van der Waals surface area contributed by atoms with E-state index >= 15 is 0 Å². The molecule has 0 aromatic carbocycles. The van der Waals surface area contributed by atoms with Gasteiger partial charge in [0.15, 0.2) is 0 Å². The van der Waals surface area contributed by atoms with Crippen LogP contribution in [-0.2, 0) is 9.57 Å². The largest absolute Gasteiger partial charge is 0.475 e. The van der Waals surface area contributed by atoms with E-state index in [0.717, 1.165) is 0 Å². The number of rotatable bonds is 0. The van der Waals surface area contributed by atoms with Gasteiger partial charge in [0.05, 0.1) is 12.9 Å². The maximum atomic E-state index is 4.68. The maximum Gasteiger partial charge on any atom is 0.223 e. The molecule has 1 aliphatic rings. The van der Waals surface area contributed by atoms with Gasteiger partial charge in [0, 0.05) is 0 Å². The minimum Gasteiger partial charge on any atom is -0.475 e. The van der Waals surface area contributed by atoms with Gasteiger partial charge in [0.1, 0.15) is 0 Å². The molecule has 39 valence electrons. The Kier molecular flexibility index (Phi) is 1.72. The van der Waals surface area contributed by atoms with Crippen molar-refractivity contribution < 1.29 is 9.57 Å². The van der Waals surface area contributed by atoms with Crippen molar-refractivity contribution in [2.45, 2.75) is 0 Å². The summed E-state index contributed by atoms with van der Waals surface area (Å²) in [6, 6.07) is 0. The third-order valence-electron chi connectivity index (χ3n) is 0.554. The van der Waals surface area contributed by atoms with Crippen LogP contribution in [0.3, 0.4) is 0 Å². The SMILES string of the molecule is [CH]1NOCC=CO1. The number of hydrogen-bond acceptors (Lipinski definition) is 3. The highest BCUT2D eigenvalue weighted by atomic mass is 16.7.